The van der Waals surface area contributed by atoms with Crippen LogP contribution in [0.25, 0.3) is 0 Å². The lowest BCUT2D eigenvalue weighted by molar-refractivity contribution is 0.0477. The molecule has 106 valence electrons. The van der Waals surface area contributed by atoms with Gasteiger partial charge in [-0.05, 0) is 12.5 Å². The molecule has 6 nitrogen and oxygen atoms in total. The minimum absolute atomic E-state index is 0.0406. The molecule has 0 atom stereocenters. The van der Waals surface area contributed by atoms with Gasteiger partial charge in [0.2, 0.25) is 0 Å². The number of carboxylic acids is 1. The summed E-state index contributed by atoms with van der Waals surface area (Å²) in [6.45, 7) is 2.51. The van der Waals surface area contributed by atoms with Crippen LogP contribution in [0.1, 0.15) is 22.5 Å². The molecule has 1 N–H and O–H groups in total. The van der Waals surface area contributed by atoms with Crippen LogP contribution < -0.4 is 0 Å². The van der Waals surface area contributed by atoms with Crippen LogP contribution in [0.4, 0.5) is 0 Å². The zero-order valence-electron chi connectivity index (χ0n) is 11.0. The number of carboxylic acid groups (broad SMARTS) is 1. The molecule has 1 aromatic rings. The molecular weight excluding hydrogens is 250 g/mol. The molecule has 0 aromatic carbocycles. The summed E-state index contributed by atoms with van der Waals surface area (Å²) in [5.74, 6) is -1.04. The van der Waals surface area contributed by atoms with Crippen molar-refractivity contribution in [3.05, 3.63) is 29.6 Å². The van der Waals surface area contributed by atoms with E-state index in [-0.39, 0.29) is 12.3 Å². The molecule has 0 amide bonds. The van der Waals surface area contributed by atoms with Gasteiger partial charge in [-0.25, -0.2) is 9.78 Å². The van der Waals surface area contributed by atoms with Gasteiger partial charge < -0.3 is 19.3 Å². The predicted octanol–water partition coefficient (Wildman–Crippen LogP) is 1.35. The van der Waals surface area contributed by atoms with Gasteiger partial charge >= 0.3 is 5.97 Å². The first-order valence-corrected chi connectivity index (χ1v) is 6.07. The molecular formula is C13H19NO5. The lowest BCUT2D eigenvalue weighted by atomic mass is 10.2. The number of methoxy groups -OCH3 is 1. The topological polar surface area (TPSA) is 77.9 Å². The van der Waals surface area contributed by atoms with Gasteiger partial charge in [0.05, 0.1) is 19.8 Å². The number of nitrogens with zero attached hydrogens (tertiary/aromatic N) is 1. The third kappa shape index (κ3) is 6.28. The molecule has 0 aliphatic carbocycles. The first-order chi connectivity index (χ1) is 9.25. The standard InChI is InChI=1S/C13H19NO5/c1-17-8-9-18-6-3-7-19-10-11-4-2-5-14-12(11)13(15)16/h2,4-5H,3,6-10H2,1H3,(H,15,16). The molecule has 0 aliphatic heterocycles. The molecule has 0 spiro atoms. The maximum Gasteiger partial charge on any atom is 0.354 e. The number of aromatic carboxylic acids is 1. The third-order valence-corrected chi connectivity index (χ3v) is 2.36. The normalized spacial score (nSPS) is 10.6. The van der Waals surface area contributed by atoms with E-state index in [0.29, 0.717) is 32.0 Å². The van der Waals surface area contributed by atoms with Crippen molar-refractivity contribution in [2.24, 2.45) is 0 Å². The molecule has 1 rings (SSSR count). The van der Waals surface area contributed by atoms with Crippen molar-refractivity contribution in [2.75, 3.05) is 33.5 Å². The Morgan fingerprint density at radius 2 is 2.05 bits per heavy atom. The second kappa shape index (κ2) is 9.43. The van der Waals surface area contributed by atoms with Gasteiger partial charge in [-0.1, -0.05) is 6.07 Å². The van der Waals surface area contributed by atoms with Crippen molar-refractivity contribution in [2.45, 2.75) is 13.0 Å². The fourth-order valence-electron chi connectivity index (χ4n) is 1.44. The number of pyridine rings is 1. The number of carbonyl (C=O) groups is 1. The van der Waals surface area contributed by atoms with Gasteiger partial charge in [0.1, 0.15) is 0 Å². The van der Waals surface area contributed by atoms with Gasteiger partial charge in [0.25, 0.3) is 0 Å². The van der Waals surface area contributed by atoms with E-state index in [4.69, 9.17) is 19.3 Å². The molecule has 0 aliphatic rings. The molecule has 0 bridgehead atoms. The molecule has 0 fully saturated rings. The highest BCUT2D eigenvalue weighted by atomic mass is 16.5. The Hall–Kier alpha value is -1.50. The van der Waals surface area contributed by atoms with Crippen molar-refractivity contribution >= 4 is 5.97 Å². The summed E-state index contributed by atoms with van der Waals surface area (Å²) in [7, 11) is 1.63. The maximum absolute atomic E-state index is 10.9. The largest absolute Gasteiger partial charge is 0.477 e. The van der Waals surface area contributed by atoms with E-state index in [1.165, 1.54) is 6.20 Å². The molecule has 19 heavy (non-hydrogen) atoms. The fraction of sp³-hybridized carbons (Fsp3) is 0.538. The summed E-state index contributed by atoms with van der Waals surface area (Å²) in [6.07, 6.45) is 2.21. The third-order valence-electron chi connectivity index (χ3n) is 2.36. The quantitative estimate of drug-likeness (QED) is 0.646. The lowest BCUT2D eigenvalue weighted by Gasteiger charge is -2.07. The predicted molar refractivity (Wildman–Crippen MR) is 68.2 cm³/mol. The van der Waals surface area contributed by atoms with E-state index in [1.807, 2.05) is 0 Å². The molecule has 0 radical (unpaired) electrons. The number of aromatic nitrogens is 1. The Morgan fingerprint density at radius 3 is 2.79 bits per heavy atom. The van der Waals surface area contributed by atoms with Crippen LogP contribution in [0.3, 0.4) is 0 Å². The minimum atomic E-state index is -1.04. The van der Waals surface area contributed by atoms with Gasteiger partial charge in [0.15, 0.2) is 5.69 Å². The van der Waals surface area contributed by atoms with Crippen molar-refractivity contribution in [3.63, 3.8) is 0 Å². The summed E-state index contributed by atoms with van der Waals surface area (Å²) >= 11 is 0. The number of ether oxygens (including phenoxy) is 3. The van der Waals surface area contributed by atoms with E-state index in [2.05, 4.69) is 4.98 Å². The average Bonchev–Trinajstić information content (AvgIpc) is 2.42. The molecule has 6 heteroatoms. The van der Waals surface area contributed by atoms with Crippen LogP contribution in [0.5, 0.6) is 0 Å². The van der Waals surface area contributed by atoms with E-state index < -0.39 is 5.97 Å². The lowest BCUT2D eigenvalue weighted by Crippen LogP contribution is -2.08. The highest BCUT2D eigenvalue weighted by Gasteiger charge is 2.10. The SMILES string of the molecule is COCCOCCCOCc1cccnc1C(=O)O. The van der Waals surface area contributed by atoms with E-state index >= 15 is 0 Å². The van der Waals surface area contributed by atoms with Crippen LogP contribution >= 0.6 is 0 Å². The van der Waals surface area contributed by atoms with Crippen molar-refractivity contribution in [1.29, 1.82) is 0 Å². The average molecular weight is 269 g/mol. The van der Waals surface area contributed by atoms with Crippen molar-refractivity contribution < 1.29 is 24.1 Å². The number of hydrogen-bond acceptors (Lipinski definition) is 5. The Labute approximate surface area is 112 Å². The second-order valence-electron chi connectivity index (χ2n) is 3.83. The van der Waals surface area contributed by atoms with Crippen molar-refractivity contribution in [3.8, 4) is 0 Å². The van der Waals surface area contributed by atoms with Gasteiger partial charge in [-0.2, -0.15) is 0 Å². The molecule has 0 saturated carbocycles. The Morgan fingerprint density at radius 1 is 1.26 bits per heavy atom. The van der Waals surface area contributed by atoms with Crippen LogP contribution in [-0.2, 0) is 20.8 Å². The Kier molecular flexibility index (Phi) is 7.72. The zero-order chi connectivity index (χ0) is 13.9. The van der Waals surface area contributed by atoms with Gasteiger partial charge in [-0.3, -0.25) is 0 Å². The molecule has 1 heterocycles. The summed E-state index contributed by atoms with van der Waals surface area (Å²) in [6, 6.07) is 3.39. The second-order valence-corrected chi connectivity index (χ2v) is 3.83. The van der Waals surface area contributed by atoms with Gasteiger partial charge in [0, 0.05) is 32.1 Å². The van der Waals surface area contributed by atoms with E-state index in [9.17, 15) is 4.79 Å². The zero-order valence-corrected chi connectivity index (χ0v) is 11.0. The summed E-state index contributed by atoms with van der Waals surface area (Å²) in [5, 5.41) is 8.94. The molecule has 0 unspecified atom stereocenters. The Bertz CT molecular complexity index is 383. The minimum Gasteiger partial charge on any atom is -0.477 e. The van der Waals surface area contributed by atoms with Crippen LogP contribution in [0, 0.1) is 0 Å². The summed E-state index contributed by atoms with van der Waals surface area (Å²) in [5.41, 5.74) is 0.620. The first-order valence-electron chi connectivity index (χ1n) is 6.07. The highest BCUT2D eigenvalue weighted by molar-refractivity contribution is 5.86. The van der Waals surface area contributed by atoms with Crippen LogP contribution in [0.15, 0.2) is 18.3 Å². The maximum atomic E-state index is 10.9. The summed E-state index contributed by atoms with van der Waals surface area (Å²) < 4.78 is 15.5. The highest BCUT2D eigenvalue weighted by Crippen LogP contribution is 2.07. The van der Waals surface area contributed by atoms with Crippen LogP contribution in [0.2, 0.25) is 0 Å². The van der Waals surface area contributed by atoms with Gasteiger partial charge in [-0.15, -0.1) is 0 Å². The number of rotatable bonds is 10. The van der Waals surface area contributed by atoms with E-state index in [0.717, 1.165) is 6.42 Å². The van der Waals surface area contributed by atoms with E-state index in [1.54, 1.807) is 19.2 Å². The number of hydrogen-bond donors (Lipinski definition) is 1. The van der Waals surface area contributed by atoms with Crippen molar-refractivity contribution in [1.82, 2.24) is 4.98 Å². The monoisotopic (exact) mass is 269 g/mol. The van der Waals surface area contributed by atoms with Crippen LogP contribution in [-0.4, -0.2) is 49.6 Å². The Balaban J connectivity index is 2.17. The summed E-state index contributed by atoms with van der Waals surface area (Å²) in [4.78, 5) is 14.7. The molecule has 1 aromatic heterocycles. The smallest absolute Gasteiger partial charge is 0.354 e. The fourth-order valence-corrected chi connectivity index (χ4v) is 1.44. The first kappa shape index (κ1) is 15.6. The molecule has 0 saturated heterocycles.